The Morgan fingerprint density at radius 3 is 2.40 bits per heavy atom. The van der Waals surface area contributed by atoms with Gasteiger partial charge in [0.1, 0.15) is 18.1 Å². The van der Waals surface area contributed by atoms with Crippen LogP contribution < -0.4 is 9.47 Å². The summed E-state index contributed by atoms with van der Waals surface area (Å²) in [6.45, 7) is 1.32. The Kier molecular flexibility index (Phi) is 4.64. The fraction of sp³-hybridized carbons (Fsp3) is 0.227. The summed E-state index contributed by atoms with van der Waals surface area (Å²) < 4.78 is 11.7. The van der Waals surface area contributed by atoms with Crippen molar-refractivity contribution in [3.05, 3.63) is 90.3 Å². The monoisotopic (exact) mass is 331 g/mol. The van der Waals surface area contributed by atoms with Gasteiger partial charge in [0.2, 0.25) is 0 Å². The normalized spacial score (nSPS) is 18.6. The van der Waals surface area contributed by atoms with E-state index in [-0.39, 0.29) is 0 Å². The van der Waals surface area contributed by atoms with Gasteiger partial charge in [-0.1, -0.05) is 48.5 Å². The third kappa shape index (κ3) is 4.18. The lowest BCUT2D eigenvalue weighted by Gasteiger charge is -2.08. The van der Waals surface area contributed by atoms with Crippen molar-refractivity contribution in [3.8, 4) is 11.5 Å². The second-order valence-corrected chi connectivity index (χ2v) is 6.45. The van der Waals surface area contributed by atoms with E-state index in [9.17, 15) is 0 Å². The molecule has 3 heteroatoms. The molecule has 3 nitrogen and oxygen atoms in total. The van der Waals surface area contributed by atoms with Crippen molar-refractivity contribution in [2.24, 2.45) is 5.92 Å². The minimum Gasteiger partial charge on any atom is -0.493 e. The molecule has 0 amide bonds. The molecule has 25 heavy (non-hydrogen) atoms. The Bertz CT molecular complexity index is 805. The molecular formula is C22H21NO2. The van der Waals surface area contributed by atoms with Gasteiger partial charge in [-0.25, -0.2) is 0 Å². The average Bonchev–Trinajstić information content (AvgIpc) is 3.46. The van der Waals surface area contributed by atoms with Crippen LogP contribution in [-0.4, -0.2) is 11.6 Å². The molecule has 2 aromatic carbocycles. The molecule has 0 aliphatic heterocycles. The summed E-state index contributed by atoms with van der Waals surface area (Å²) in [6.07, 6.45) is 4.88. The van der Waals surface area contributed by atoms with E-state index in [0.29, 0.717) is 18.4 Å². The minimum absolute atomic E-state index is 0.525. The minimum atomic E-state index is 0.525. The van der Waals surface area contributed by atoms with E-state index >= 15 is 0 Å². The highest BCUT2D eigenvalue weighted by atomic mass is 16.5. The van der Waals surface area contributed by atoms with Gasteiger partial charge in [-0.05, 0) is 41.7 Å². The van der Waals surface area contributed by atoms with Gasteiger partial charge in [-0.2, -0.15) is 0 Å². The molecule has 4 rings (SSSR count). The second kappa shape index (κ2) is 7.39. The molecule has 1 heterocycles. The Morgan fingerprint density at radius 2 is 1.60 bits per heavy atom. The van der Waals surface area contributed by atoms with Crippen molar-refractivity contribution in [2.75, 3.05) is 6.61 Å². The average molecular weight is 331 g/mol. The molecule has 1 fully saturated rings. The second-order valence-electron chi connectivity index (χ2n) is 6.45. The predicted octanol–water partition coefficient (Wildman–Crippen LogP) is 4.84. The molecule has 0 radical (unpaired) electrons. The van der Waals surface area contributed by atoms with Crippen molar-refractivity contribution in [1.29, 1.82) is 0 Å². The maximum Gasteiger partial charge on any atom is 0.138 e. The van der Waals surface area contributed by atoms with Crippen molar-refractivity contribution >= 4 is 0 Å². The quantitative estimate of drug-likeness (QED) is 0.620. The number of aromatic nitrogens is 1. The number of nitrogens with zero attached hydrogens (tertiary/aromatic N) is 1. The van der Waals surface area contributed by atoms with E-state index in [0.717, 1.165) is 30.1 Å². The molecule has 1 aromatic heterocycles. The van der Waals surface area contributed by atoms with Crippen molar-refractivity contribution in [3.63, 3.8) is 0 Å². The van der Waals surface area contributed by atoms with Crippen molar-refractivity contribution in [1.82, 2.24) is 4.98 Å². The zero-order valence-electron chi connectivity index (χ0n) is 14.0. The molecule has 0 saturated heterocycles. The first-order valence-electron chi connectivity index (χ1n) is 8.68. The van der Waals surface area contributed by atoms with Crippen molar-refractivity contribution in [2.45, 2.75) is 18.9 Å². The predicted molar refractivity (Wildman–Crippen MR) is 97.8 cm³/mol. The molecule has 3 aromatic rings. The smallest absolute Gasteiger partial charge is 0.138 e. The third-order valence-corrected chi connectivity index (χ3v) is 4.54. The Balaban J connectivity index is 1.31. The number of pyridine rings is 1. The molecule has 126 valence electrons. The van der Waals surface area contributed by atoms with Crippen LogP contribution in [0.4, 0.5) is 0 Å². The van der Waals surface area contributed by atoms with E-state index < -0.39 is 0 Å². The van der Waals surface area contributed by atoms with Crippen LogP contribution >= 0.6 is 0 Å². The number of hydrogen-bond acceptors (Lipinski definition) is 3. The van der Waals surface area contributed by atoms with Gasteiger partial charge in [-0.3, -0.25) is 4.98 Å². The van der Waals surface area contributed by atoms with Crippen LogP contribution in [0.15, 0.2) is 79.1 Å². The van der Waals surface area contributed by atoms with E-state index in [1.165, 1.54) is 5.56 Å². The first-order chi connectivity index (χ1) is 12.4. The lowest BCUT2D eigenvalue weighted by atomic mass is 10.1. The standard InChI is InChI=1S/C22H21NO2/c1-3-7-17(8-4-1)15-24-21-11-18(13-23-14-21)22-12-19(22)16-25-20-9-5-2-6-10-20/h1-11,13-14,19,22H,12,15-16H2/t19-,22+/m0/s1. The number of hydrogen-bond donors (Lipinski definition) is 0. The zero-order valence-corrected chi connectivity index (χ0v) is 14.0. The lowest BCUT2D eigenvalue weighted by molar-refractivity contribution is 0.296. The van der Waals surface area contributed by atoms with Crippen LogP contribution in [0.25, 0.3) is 0 Å². The Hall–Kier alpha value is -2.81. The first kappa shape index (κ1) is 15.7. The van der Waals surface area contributed by atoms with Crippen LogP contribution in [0.5, 0.6) is 11.5 Å². The summed E-state index contributed by atoms with van der Waals surface area (Å²) in [4.78, 5) is 4.35. The Labute approximate surface area is 148 Å². The van der Waals surface area contributed by atoms with Crippen LogP contribution in [0.2, 0.25) is 0 Å². The van der Waals surface area contributed by atoms with Crippen molar-refractivity contribution < 1.29 is 9.47 Å². The maximum absolute atomic E-state index is 5.88. The fourth-order valence-corrected chi connectivity index (χ4v) is 3.02. The van der Waals surface area contributed by atoms with E-state index in [4.69, 9.17) is 9.47 Å². The number of ether oxygens (including phenoxy) is 2. The van der Waals surface area contributed by atoms with Gasteiger partial charge in [-0.15, -0.1) is 0 Å². The number of rotatable bonds is 7. The maximum atomic E-state index is 5.88. The van der Waals surface area contributed by atoms with Crippen LogP contribution in [0, 0.1) is 5.92 Å². The number of para-hydroxylation sites is 1. The summed E-state index contributed by atoms with van der Waals surface area (Å²) in [5.41, 5.74) is 2.40. The largest absolute Gasteiger partial charge is 0.493 e. The SMILES string of the molecule is c1ccc(COc2cncc([C@H]3C[C@H]3COc3ccccc3)c2)cc1. The third-order valence-electron chi connectivity index (χ3n) is 4.54. The molecule has 0 N–H and O–H groups in total. The summed E-state index contributed by atoms with van der Waals surface area (Å²) in [6, 6.07) is 22.3. The van der Waals surface area contributed by atoms with Gasteiger partial charge in [0, 0.05) is 12.1 Å². The topological polar surface area (TPSA) is 31.4 Å². The number of benzene rings is 2. The molecular weight excluding hydrogens is 310 g/mol. The van der Waals surface area contributed by atoms with E-state index in [1.54, 1.807) is 6.20 Å². The molecule has 2 atom stereocenters. The van der Waals surface area contributed by atoms with Gasteiger partial charge in [0.15, 0.2) is 0 Å². The Morgan fingerprint density at radius 1 is 0.840 bits per heavy atom. The van der Waals surface area contributed by atoms with Crippen LogP contribution in [0.1, 0.15) is 23.5 Å². The van der Waals surface area contributed by atoms with Crippen LogP contribution in [-0.2, 0) is 6.61 Å². The molecule has 0 unspecified atom stereocenters. The summed E-state index contributed by atoms with van der Waals surface area (Å²) in [5.74, 6) is 2.85. The summed E-state index contributed by atoms with van der Waals surface area (Å²) >= 11 is 0. The van der Waals surface area contributed by atoms with Gasteiger partial charge < -0.3 is 9.47 Å². The molecule has 1 aliphatic carbocycles. The molecule has 1 aliphatic rings. The van der Waals surface area contributed by atoms with E-state index in [1.807, 2.05) is 54.7 Å². The van der Waals surface area contributed by atoms with Gasteiger partial charge >= 0.3 is 0 Å². The molecule has 1 saturated carbocycles. The van der Waals surface area contributed by atoms with E-state index in [2.05, 4.69) is 23.2 Å². The highest BCUT2D eigenvalue weighted by Gasteiger charge is 2.39. The first-order valence-corrected chi connectivity index (χ1v) is 8.68. The highest BCUT2D eigenvalue weighted by Crippen LogP contribution is 2.47. The summed E-state index contributed by atoms with van der Waals surface area (Å²) in [5, 5.41) is 0. The molecule has 0 bridgehead atoms. The van der Waals surface area contributed by atoms with Crippen LogP contribution in [0.3, 0.4) is 0 Å². The van der Waals surface area contributed by atoms with Gasteiger partial charge in [0.25, 0.3) is 0 Å². The highest BCUT2D eigenvalue weighted by molar-refractivity contribution is 5.31. The fourth-order valence-electron chi connectivity index (χ4n) is 3.02. The lowest BCUT2D eigenvalue weighted by Crippen LogP contribution is -2.01. The molecule has 0 spiro atoms. The van der Waals surface area contributed by atoms with Gasteiger partial charge in [0.05, 0.1) is 12.8 Å². The zero-order chi connectivity index (χ0) is 16.9. The summed E-state index contributed by atoms with van der Waals surface area (Å²) in [7, 11) is 0.